The van der Waals surface area contributed by atoms with Gasteiger partial charge in [-0.3, -0.25) is 0 Å². The number of rotatable bonds is 1. The molecule has 0 bridgehead atoms. The molecule has 1 aromatic heterocycles. The Hall–Kier alpha value is -1.76. The Morgan fingerprint density at radius 2 is 2.15 bits per heavy atom. The van der Waals surface area contributed by atoms with Crippen LogP contribution in [0.1, 0.15) is 37.8 Å². The minimum atomic E-state index is 0.653. The first-order chi connectivity index (χ1) is 9.74. The van der Waals surface area contributed by atoms with Crippen molar-refractivity contribution < 1.29 is 0 Å². The van der Waals surface area contributed by atoms with Crippen LogP contribution in [0.4, 0.5) is 0 Å². The van der Waals surface area contributed by atoms with Gasteiger partial charge in [0.15, 0.2) is 0 Å². The molecule has 0 radical (unpaired) electrons. The Morgan fingerprint density at radius 1 is 1.25 bits per heavy atom. The molecule has 1 aliphatic heterocycles. The maximum absolute atomic E-state index is 2.47. The first-order valence-corrected chi connectivity index (χ1v) is 7.74. The summed E-state index contributed by atoms with van der Waals surface area (Å²) < 4.78 is 2.47. The van der Waals surface area contributed by atoms with E-state index in [-0.39, 0.29) is 0 Å². The van der Waals surface area contributed by atoms with Crippen molar-refractivity contribution in [2.24, 2.45) is 5.92 Å². The van der Waals surface area contributed by atoms with Gasteiger partial charge in [0.05, 0.1) is 5.52 Å². The summed E-state index contributed by atoms with van der Waals surface area (Å²) in [7, 11) is 0. The fourth-order valence-electron chi connectivity index (χ4n) is 3.73. The van der Waals surface area contributed by atoms with Gasteiger partial charge in [-0.25, -0.2) is 0 Å². The van der Waals surface area contributed by atoms with Crippen molar-refractivity contribution >= 4 is 16.5 Å². The van der Waals surface area contributed by atoms with Gasteiger partial charge in [0.1, 0.15) is 0 Å². The van der Waals surface area contributed by atoms with E-state index in [1.807, 2.05) is 0 Å². The Morgan fingerprint density at radius 3 is 3.05 bits per heavy atom. The highest BCUT2D eigenvalue weighted by Gasteiger charge is 2.20. The van der Waals surface area contributed by atoms with Crippen LogP contribution in [0, 0.1) is 5.92 Å². The lowest BCUT2D eigenvalue weighted by Crippen LogP contribution is -2.05. The van der Waals surface area contributed by atoms with E-state index in [9.17, 15) is 0 Å². The third-order valence-electron chi connectivity index (χ3n) is 4.79. The summed E-state index contributed by atoms with van der Waals surface area (Å²) in [5.41, 5.74) is 7.31. The molecule has 2 aromatic rings. The van der Waals surface area contributed by atoms with Gasteiger partial charge >= 0.3 is 0 Å². The largest absolute Gasteiger partial charge is 0.347 e. The Balaban J connectivity index is 1.98. The molecule has 0 fully saturated rings. The lowest BCUT2D eigenvalue weighted by atomic mass is 9.88. The highest BCUT2D eigenvalue weighted by Crippen LogP contribution is 2.37. The van der Waals surface area contributed by atoms with Crippen LogP contribution in [-0.2, 0) is 13.0 Å². The monoisotopic (exact) mass is 263 g/mol. The molecule has 2 aliphatic rings. The Kier molecular flexibility index (Phi) is 2.63. The molecular weight excluding hydrogens is 242 g/mol. The molecule has 1 heteroatoms. The summed E-state index contributed by atoms with van der Waals surface area (Å²) in [5.74, 6) is 0.653. The van der Waals surface area contributed by atoms with Crippen LogP contribution in [0.25, 0.3) is 16.5 Å². The molecule has 4 rings (SSSR count). The van der Waals surface area contributed by atoms with Gasteiger partial charge in [0.25, 0.3) is 0 Å². The molecule has 1 aromatic carbocycles. The van der Waals surface area contributed by atoms with E-state index in [1.165, 1.54) is 59.0 Å². The number of benzene rings is 1. The normalized spacial score (nSPS) is 21.8. The van der Waals surface area contributed by atoms with Crippen LogP contribution in [0.2, 0.25) is 0 Å². The first-order valence-electron chi connectivity index (χ1n) is 7.74. The summed E-state index contributed by atoms with van der Waals surface area (Å²) >= 11 is 0. The van der Waals surface area contributed by atoms with Crippen LogP contribution in [0.15, 0.2) is 42.1 Å². The topological polar surface area (TPSA) is 4.93 Å². The van der Waals surface area contributed by atoms with Gasteiger partial charge in [0.2, 0.25) is 0 Å². The fraction of sp³-hybridized carbons (Fsp3) is 0.368. The molecule has 0 spiro atoms. The van der Waals surface area contributed by atoms with Crippen molar-refractivity contribution in [3.05, 3.63) is 53.2 Å². The number of nitrogens with zero attached hydrogens (tertiary/aromatic N) is 1. The second-order valence-electron chi connectivity index (χ2n) is 6.33. The van der Waals surface area contributed by atoms with E-state index in [2.05, 4.69) is 55.0 Å². The highest BCUT2D eigenvalue weighted by molar-refractivity contribution is 5.98. The predicted octanol–water partition coefficient (Wildman–Crippen LogP) is 4.96. The van der Waals surface area contributed by atoms with E-state index in [0.29, 0.717) is 5.92 Å². The third kappa shape index (κ3) is 1.69. The van der Waals surface area contributed by atoms with E-state index in [0.717, 1.165) is 0 Å². The van der Waals surface area contributed by atoms with Crippen molar-refractivity contribution in [2.75, 3.05) is 0 Å². The predicted molar refractivity (Wildman–Crippen MR) is 85.8 cm³/mol. The number of aromatic nitrogens is 1. The lowest BCUT2D eigenvalue weighted by molar-refractivity contribution is 0.635. The number of allylic oxidation sites excluding steroid dienone is 4. The zero-order valence-corrected chi connectivity index (χ0v) is 12.3. The standard InChI is InChI=1S/C19H21N/c1-13-8-9-14(2)17(11-13)18-12-20-10-4-6-15-5-3-7-16(18)19(15)20/h3,5,7,9,11-13H,4,6,8,10H2,1-2H3. The summed E-state index contributed by atoms with van der Waals surface area (Å²) in [6.45, 7) is 5.73. The summed E-state index contributed by atoms with van der Waals surface area (Å²) in [6, 6.07) is 6.81. The second kappa shape index (κ2) is 4.37. The van der Waals surface area contributed by atoms with Crippen molar-refractivity contribution in [3.8, 4) is 0 Å². The van der Waals surface area contributed by atoms with Gasteiger partial charge in [-0.05, 0) is 48.8 Å². The molecule has 0 amide bonds. The SMILES string of the molecule is CC1=CCC(C)C=C1c1cn2c3c(cccc13)CCC2. The number of hydrogen-bond acceptors (Lipinski definition) is 0. The smallest absolute Gasteiger partial charge is 0.0519 e. The van der Waals surface area contributed by atoms with Crippen molar-refractivity contribution in [2.45, 2.75) is 39.7 Å². The second-order valence-corrected chi connectivity index (χ2v) is 6.33. The Bertz CT molecular complexity index is 742. The summed E-state index contributed by atoms with van der Waals surface area (Å²) in [6.07, 6.45) is 10.9. The molecule has 2 heterocycles. The van der Waals surface area contributed by atoms with E-state index >= 15 is 0 Å². The summed E-state index contributed by atoms with van der Waals surface area (Å²) in [5, 5.41) is 1.44. The van der Waals surface area contributed by atoms with Crippen LogP contribution in [0.3, 0.4) is 0 Å². The van der Waals surface area contributed by atoms with E-state index in [4.69, 9.17) is 0 Å². The lowest BCUT2D eigenvalue weighted by Gasteiger charge is -2.17. The molecule has 0 saturated heterocycles. The van der Waals surface area contributed by atoms with Crippen LogP contribution in [0.5, 0.6) is 0 Å². The maximum atomic E-state index is 2.47. The minimum Gasteiger partial charge on any atom is -0.347 e. The van der Waals surface area contributed by atoms with Gasteiger partial charge in [-0.2, -0.15) is 0 Å². The first kappa shape index (κ1) is 12.0. The Labute approximate surface area is 120 Å². The molecule has 0 N–H and O–H groups in total. The van der Waals surface area contributed by atoms with Gasteiger partial charge < -0.3 is 4.57 Å². The number of hydrogen-bond donors (Lipinski definition) is 0. The van der Waals surface area contributed by atoms with Crippen molar-refractivity contribution in [1.82, 2.24) is 4.57 Å². The minimum absolute atomic E-state index is 0.653. The molecule has 20 heavy (non-hydrogen) atoms. The zero-order valence-electron chi connectivity index (χ0n) is 12.3. The molecular formula is C19H21N. The van der Waals surface area contributed by atoms with Gasteiger partial charge in [-0.15, -0.1) is 0 Å². The quantitative estimate of drug-likeness (QED) is 0.685. The van der Waals surface area contributed by atoms with Crippen LogP contribution < -0.4 is 0 Å². The number of aryl methyl sites for hydroxylation is 2. The molecule has 1 nitrogen and oxygen atoms in total. The molecule has 1 aliphatic carbocycles. The number of para-hydroxylation sites is 1. The average molecular weight is 263 g/mol. The van der Waals surface area contributed by atoms with Gasteiger partial charge in [-0.1, -0.05) is 37.3 Å². The average Bonchev–Trinajstić information content (AvgIpc) is 2.83. The van der Waals surface area contributed by atoms with Crippen molar-refractivity contribution in [3.63, 3.8) is 0 Å². The molecule has 1 atom stereocenters. The fourth-order valence-corrected chi connectivity index (χ4v) is 3.73. The van der Waals surface area contributed by atoms with Crippen LogP contribution >= 0.6 is 0 Å². The third-order valence-corrected chi connectivity index (χ3v) is 4.79. The highest BCUT2D eigenvalue weighted by atomic mass is 15.0. The van der Waals surface area contributed by atoms with Gasteiger partial charge in [0, 0.05) is 23.7 Å². The summed E-state index contributed by atoms with van der Waals surface area (Å²) in [4.78, 5) is 0. The molecule has 0 saturated carbocycles. The maximum Gasteiger partial charge on any atom is 0.0519 e. The molecule has 102 valence electrons. The van der Waals surface area contributed by atoms with E-state index < -0.39 is 0 Å². The van der Waals surface area contributed by atoms with E-state index in [1.54, 1.807) is 0 Å². The zero-order chi connectivity index (χ0) is 13.7. The van der Waals surface area contributed by atoms with Crippen LogP contribution in [-0.4, -0.2) is 4.57 Å². The molecule has 1 unspecified atom stereocenters. The van der Waals surface area contributed by atoms with Crippen molar-refractivity contribution in [1.29, 1.82) is 0 Å².